The highest BCUT2D eigenvalue weighted by atomic mass is 16.4. The molecule has 0 spiro atoms. The zero-order valence-corrected chi connectivity index (χ0v) is 9.90. The van der Waals surface area contributed by atoms with Crippen LogP contribution in [0.3, 0.4) is 0 Å². The van der Waals surface area contributed by atoms with Crippen LogP contribution in [0, 0.1) is 6.92 Å². The molecule has 0 amide bonds. The zero-order valence-electron chi connectivity index (χ0n) is 9.90. The van der Waals surface area contributed by atoms with Crippen molar-refractivity contribution >= 4 is 11.5 Å². The van der Waals surface area contributed by atoms with E-state index >= 15 is 0 Å². The maximum atomic E-state index is 5.46. The molecule has 0 fully saturated rings. The minimum atomic E-state index is -0.102. The molecule has 0 aliphatic rings. The number of nitrogens with one attached hydrogen (secondary N) is 1. The summed E-state index contributed by atoms with van der Waals surface area (Å²) in [5, 5.41) is 14.5. The van der Waals surface area contributed by atoms with Crippen molar-refractivity contribution in [3.8, 4) is 0 Å². The number of rotatable bonds is 3. The lowest BCUT2D eigenvalue weighted by molar-refractivity contribution is 0.453. The lowest BCUT2D eigenvalue weighted by Gasteiger charge is -2.11. The van der Waals surface area contributed by atoms with E-state index in [1.807, 2.05) is 13.8 Å². The van der Waals surface area contributed by atoms with Gasteiger partial charge in [0.1, 0.15) is 11.8 Å². The van der Waals surface area contributed by atoms with Crippen LogP contribution in [0.5, 0.6) is 0 Å². The van der Waals surface area contributed by atoms with Crippen molar-refractivity contribution < 1.29 is 4.42 Å². The second-order valence-corrected chi connectivity index (χ2v) is 3.92. The summed E-state index contributed by atoms with van der Waals surface area (Å²) in [6.07, 6.45) is 4.92. The monoisotopic (exact) mass is 245 g/mol. The van der Waals surface area contributed by atoms with Gasteiger partial charge >= 0.3 is 0 Å². The third kappa shape index (κ3) is 1.77. The van der Waals surface area contributed by atoms with E-state index in [1.165, 1.54) is 0 Å². The largest absolute Gasteiger partial charge is 0.444 e. The fourth-order valence-corrected chi connectivity index (χ4v) is 1.63. The molecule has 0 saturated carbocycles. The number of aromatic nitrogens is 6. The minimum Gasteiger partial charge on any atom is -0.444 e. The molecule has 1 atom stereocenters. The number of oxazole rings is 1. The molecule has 3 heterocycles. The topological polar surface area (TPSA) is 94.0 Å². The van der Waals surface area contributed by atoms with E-state index in [1.54, 1.807) is 23.1 Å². The summed E-state index contributed by atoms with van der Waals surface area (Å²) in [6.45, 7) is 3.79. The predicted octanol–water partition coefficient (Wildman–Crippen LogP) is 0.989. The van der Waals surface area contributed by atoms with Crippen LogP contribution in [0.15, 0.2) is 23.0 Å². The summed E-state index contributed by atoms with van der Waals surface area (Å²) >= 11 is 0. The Balaban J connectivity index is 1.90. The molecule has 8 nitrogen and oxygen atoms in total. The summed E-state index contributed by atoms with van der Waals surface area (Å²) in [4.78, 5) is 8.23. The Morgan fingerprint density at radius 1 is 1.33 bits per heavy atom. The molecule has 0 bridgehead atoms. The van der Waals surface area contributed by atoms with Crippen molar-refractivity contribution in [1.29, 1.82) is 0 Å². The van der Waals surface area contributed by atoms with Crippen molar-refractivity contribution in [2.75, 3.05) is 5.32 Å². The number of tetrazole rings is 1. The maximum Gasteiger partial charge on any atom is 0.216 e. The van der Waals surface area contributed by atoms with Crippen LogP contribution in [-0.2, 0) is 0 Å². The van der Waals surface area contributed by atoms with Gasteiger partial charge in [0.15, 0.2) is 11.5 Å². The molecule has 0 aromatic carbocycles. The van der Waals surface area contributed by atoms with E-state index in [0.29, 0.717) is 17.4 Å². The predicted molar refractivity (Wildman–Crippen MR) is 61.9 cm³/mol. The van der Waals surface area contributed by atoms with Crippen molar-refractivity contribution in [3.63, 3.8) is 0 Å². The van der Waals surface area contributed by atoms with Gasteiger partial charge in [-0.15, -0.1) is 5.10 Å². The lowest BCUT2D eigenvalue weighted by Crippen LogP contribution is -2.11. The second-order valence-electron chi connectivity index (χ2n) is 3.92. The van der Waals surface area contributed by atoms with Gasteiger partial charge in [-0.25, -0.2) is 4.98 Å². The Kier molecular flexibility index (Phi) is 2.40. The van der Waals surface area contributed by atoms with Crippen LogP contribution in [0.2, 0.25) is 0 Å². The number of fused-ring (bicyclic) bond motifs is 1. The normalized spacial score (nSPS) is 12.8. The van der Waals surface area contributed by atoms with E-state index in [0.717, 1.165) is 5.76 Å². The fraction of sp³-hybridized carbons (Fsp3) is 0.300. The molecule has 1 N–H and O–H groups in total. The molecule has 92 valence electrons. The number of hydrogen-bond donors (Lipinski definition) is 1. The highest BCUT2D eigenvalue weighted by molar-refractivity contribution is 5.44. The van der Waals surface area contributed by atoms with E-state index in [4.69, 9.17) is 4.42 Å². The number of anilines is 1. The summed E-state index contributed by atoms with van der Waals surface area (Å²) in [6, 6.07) is -0.102. The van der Waals surface area contributed by atoms with Crippen molar-refractivity contribution in [2.45, 2.75) is 19.9 Å². The Labute approximate surface area is 102 Å². The van der Waals surface area contributed by atoms with E-state index in [2.05, 4.69) is 30.8 Å². The molecule has 18 heavy (non-hydrogen) atoms. The van der Waals surface area contributed by atoms with Crippen LogP contribution in [0.25, 0.3) is 5.65 Å². The Hall–Kier alpha value is -2.51. The SMILES string of the molecule is Cc1cnc(C(C)Nc2cncc3nnnn23)o1. The van der Waals surface area contributed by atoms with Gasteiger partial charge in [-0.1, -0.05) is 0 Å². The minimum absolute atomic E-state index is 0.102. The Morgan fingerprint density at radius 3 is 3.00 bits per heavy atom. The third-order valence-electron chi connectivity index (χ3n) is 2.48. The average Bonchev–Trinajstić information content (AvgIpc) is 2.97. The summed E-state index contributed by atoms with van der Waals surface area (Å²) in [5.74, 6) is 2.07. The quantitative estimate of drug-likeness (QED) is 0.735. The van der Waals surface area contributed by atoms with Gasteiger partial charge in [0.05, 0.1) is 18.6 Å². The van der Waals surface area contributed by atoms with E-state index < -0.39 is 0 Å². The molecule has 0 aliphatic heterocycles. The van der Waals surface area contributed by atoms with Crippen LogP contribution in [0.1, 0.15) is 24.6 Å². The molecule has 0 radical (unpaired) electrons. The van der Waals surface area contributed by atoms with Crippen LogP contribution in [-0.4, -0.2) is 30.0 Å². The first-order chi connectivity index (χ1) is 8.74. The van der Waals surface area contributed by atoms with Gasteiger partial charge in [-0.05, 0) is 24.3 Å². The van der Waals surface area contributed by atoms with Gasteiger partial charge in [0, 0.05) is 0 Å². The van der Waals surface area contributed by atoms with Crippen LogP contribution < -0.4 is 5.32 Å². The number of nitrogens with zero attached hydrogens (tertiary/aromatic N) is 6. The first-order valence-electron chi connectivity index (χ1n) is 5.45. The number of aryl methyl sites for hydroxylation is 1. The van der Waals surface area contributed by atoms with Crippen LogP contribution in [0.4, 0.5) is 5.82 Å². The molecule has 3 aromatic rings. The van der Waals surface area contributed by atoms with Gasteiger partial charge in [0.25, 0.3) is 0 Å². The first-order valence-corrected chi connectivity index (χ1v) is 5.45. The molecule has 8 heteroatoms. The number of hydrogen-bond acceptors (Lipinski definition) is 7. The summed E-state index contributed by atoms with van der Waals surface area (Å²) in [7, 11) is 0. The Bertz CT molecular complexity index is 673. The second kappa shape index (κ2) is 4.06. The molecule has 3 rings (SSSR count). The average molecular weight is 245 g/mol. The van der Waals surface area contributed by atoms with E-state index in [-0.39, 0.29) is 6.04 Å². The molecular formula is C10H11N7O. The molecule has 0 saturated heterocycles. The fourth-order valence-electron chi connectivity index (χ4n) is 1.63. The molecular weight excluding hydrogens is 234 g/mol. The van der Waals surface area contributed by atoms with E-state index in [9.17, 15) is 0 Å². The zero-order chi connectivity index (χ0) is 12.5. The van der Waals surface area contributed by atoms with Crippen molar-refractivity contribution in [3.05, 3.63) is 30.2 Å². The van der Waals surface area contributed by atoms with Gasteiger partial charge in [-0.3, -0.25) is 4.98 Å². The van der Waals surface area contributed by atoms with Crippen LogP contribution >= 0.6 is 0 Å². The van der Waals surface area contributed by atoms with Gasteiger partial charge < -0.3 is 9.73 Å². The van der Waals surface area contributed by atoms with Gasteiger partial charge in [0.2, 0.25) is 5.89 Å². The summed E-state index contributed by atoms with van der Waals surface area (Å²) in [5.41, 5.74) is 0.579. The van der Waals surface area contributed by atoms with Gasteiger partial charge in [-0.2, -0.15) is 4.52 Å². The first kappa shape index (κ1) is 10.6. The van der Waals surface area contributed by atoms with Crippen molar-refractivity contribution in [1.82, 2.24) is 30.0 Å². The highest BCUT2D eigenvalue weighted by Crippen LogP contribution is 2.18. The highest BCUT2D eigenvalue weighted by Gasteiger charge is 2.13. The lowest BCUT2D eigenvalue weighted by atomic mass is 10.3. The molecule has 0 aliphatic carbocycles. The van der Waals surface area contributed by atoms with Crippen molar-refractivity contribution in [2.24, 2.45) is 0 Å². The smallest absolute Gasteiger partial charge is 0.216 e. The molecule has 3 aromatic heterocycles. The third-order valence-corrected chi connectivity index (χ3v) is 2.48. The standard InChI is InChI=1S/C10H11N7O/c1-6-3-12-10(18-6)7(2)13-8-4-11-5-9-14-15-16-17(8)9/h3-5,7,13H,1-2H3. The Morgan fingerprint density at radius 2 is 2.22 bits per heavy atom. The summed E-state index contributed by atoms with van der Waals surface area (Å²) < 4.78 is 7.02. The molecule has 1 unspecified atom stereocenters. The maximum absolute atomic E-state index is 5.46.